The van der Waals surface area contributed by atoms with Crippen LogP contribution in [0.1, 0.15) is 66.5 Å². The number of allylic oxidation sites excluding steroid dienone is 4. The van der Waals surface area contributed by atoms with E-state index in [2.05, 4.69) is 39.8 Å². The molecule has 3 fully saturated rings. The second-order valence-corrected chi connectivity index (χ2v) is 9.48. The van der Waals surface area contributed by atoms with Crippen LogP contribution in [0.5, 0.6) is 0 Å². The minimum absolute atomic E-state index is 0.635. The van der Waals surface area contributed by atoms with Crippen LogP contribution in [-0.2, 0) is 0 Å². The number of fused-ring (bicyclic) bond motifs is 1. The molecule has 0 aromatic carbocycles. The first-order chi connectivity index (χ1) is 12.3. The van der Waals surface area contributed by atoms with Crippen molar-refractivity contribution in [3.8, 4) is 0 Å². The van der Waals surface area contributed by atoms with Crippen molar-refractivity contribution in [1.82, 2.24) is 15.5 Å². The predicted octanol–water partition coefficient (Wildman–Crippen LogP) is 4.77. The lowest BCUT2D eigenvalue weighted by Crippen LogP contribution is -2.59. The highest BCUT2D eigenvalue weighted by atomic mass is 32.1. The van der Waals surface area contributed by atoms with Gasteiger partial charge in [0, 0.05) is 23.4 Å². The second kappa shape index (κ2) is 5.24. The molecule has 0 radical (unpaired) electrons. The van der Waals surface area contributed by atoms with Crippen molar-refractivity contribution in [1.29, 1.82) is 0 Å². The quantitative estimate of drug-likeness (QED) is 0.867. The Bertz CT molecular complexity index is 907. The number of rotatable bonds is 3. The Morgan fingerprint density at radius 1 is 1.08 bits per heavy atom. The van der Waals surface area contributed by atoms with Crippen molar-refractivity contribution in [2.24, 2.45) is 5.41 Å². The van der Waals surface area contributed by atoms with Gasteiger partial charge < -0.3 is 5.32 Å². The summed E-state index contributed by atoms with van der Waals surface area (Å²) in [6.07, 6.45) is 14.5. The monoisotopic (exact) mass is 349 g/mol. The van der Waals surface area contributed by atoms with E-state index in [0.717, 1.165) is 35.2 Å². The van der Waals surface area contributed by atoms with E-state index in [1.165, 1.54) is 49.7 Å². The molecule has 2 aromatic rings. The van der Waals surface area contributed by atoms with Gasteiger partial charge in [-0.15, -0.1) is 21.5 Å². The van der Waals surface area contributed by atoms with Gasteiger partial charge in [-0.2, -0.15) is 0 Å². The molecule has 0 atom stereocenters. The van der Waals surface area contributed by atoms with Gasteiger partial charge in [0.15, 0.2) is 0 Å². The molecule has 2 aromatic heterocycles. The number of nitrogens with one attached hydrogen (secondary N) is 1. The van der Waals surface area contributed by atoms with Gasteiger partial charge in [0.05, 0.1) is 5.69 Å². The average molecular weight is 350 g/mol. The zero-order valence-corrected chi connectivity index (χ0v) is 15.2. The van der Waals surface area contributed by atoms with Crippen LogP contribution in [-0.4, -0.2) is 23.3 Å². The molecule has 6 rings (SSSR count). The normalized spacial score (nSPS) is 25.0. The Morgan fingerprint density at radius 2 is 1.96 bits per heavy atom. The smallest absolute Gasteiger partial charge is 0.146 e. The highest BCUT2D eigenvalue weighted by molar-refractivity contribution is 7.19. The second-order valence-electron chi connectivity index (χ2n) is 8.45. The first kappa shape index (κ1) is 14.6. The van der Waals surface area contributed by atoms with E-state index < -0.39 is 0 Å². The lowest BCUT2D eigenvalue weighted by Gasteiger charge is -2.54. The molecular weight excluding hydrogens is 326 g/mol. The number of hydrogen-bond donors (Lipinski definition) is 1. The van der Waals surface area contributed by atoms with E-state index in [1.807, 2.05) is 11.3 Å². The fourth-order valence-electron chi connectivity index (χ4n) is 4.92. The number of thiophene rings is 1. The van der Waals surface area contributed by atoms with E-state index in [-0.39, 0.29) is 0 Å². The molecule has 4 aliphatic rings. The fourth-order valence-corrected chi connectivity index (χ4v) is 6.21. The van der Waals surface area contributed by atoms with E-state index in [9.17, 15) is 0 Å². The molecule has 1 N–H and O–H groups in total. The zero-order valence-electron chi connectivity index (χ0n) is 14.4. The summed E-state index contributed by atoms with van der Waals surface area (Å²) in [7, 11) is 0. The van der Waals surface area contributed by atoms with Gasteiger partial charge in [-0.1, -0.05) is 18.2 Å². The summed E-state index contributed by atoms with van der Waals surface area (Å²) in [6.45, 7) is 2.47. The minimum Gasteiger partial charge on any atom is -0.316 e. The van der Waals surface area contributed by atoms with Crippen molar-refractivity contribution in [3.05, 3.63) is 40.4 Å². The molecule has 3 aliphatic carbocycles. The Labute approximate surface area is 152 Å². The predicted molar refractivity (Wildman–Crippen MR) is 103 cm³/mol. The van der Waals surface area contributed by atoms with Crippen LogP contribution in [0.15, 0.2) is 24.3 Å². The molecule has 0 bridgehead atoms. The molecule has 3 heterocycles. The van der Waals surface area contributed by atoms with Crippen LogP contribution >= 0.6 is 11.3 Å². The summed E-state index contributed by atoms with van der Waals surface area (Å²) in [5, 5.41) is 14.1. The van der Waals surface area contributed by atoms with Crippen LogP contribution in [0, 0.1) is 5.41 Å². The van der Waals surface area contributed by atoms with Crippen LogP contribution < -0.4 is 5.32 Å². The highest BCUT2D eigenvalue weighted by Crippen LogP contribution is 2.59. The molecular formula is C21H23N3S. The Hall–Kier alpha value is -1.52. The van der Waals surface area contributed by atoms with Gasteiger partial charge in [0.1, 0.15) is 4.83 Å². The molecule has 1 aliphatic heterocycles. The van der Waals surface area contributed by atoms with Crippen LogP contribution in [0.3, 0.4) is 0 Å². The summed E-state index contributed by atoms with van der Waals surface area (Å²) in [6, 6.07) is 2.33. The third kappa shape index (κ3) is 2.27. The summed E-state index contributed by atoms with van der Waals surface area (Å²) in [4.78, 5) is 2.81. The third-order valence-electron chi connectivity index (χ3n) is 6.53. The molecule has 3 nitrogen and oxygen atoms in total. The van der Waals surface area contributed by atoms with Crippen molar-refractivity contribution in [2.45, 2.75) is 50.4 Å². The van der Waals surface area contributed by atoms with E-state index in [1.54, 1.807) is 10.4 Å². The standard InChI is InChI=1S/C21H23N3S/c1-2-4-13(5-3-1)17-8-16-18(14-6-7-14)19(25-20(16)24-23-17)15-9-21(10-15)11-22-12-21/h2,4-5,8,14-15,22H,1,3,6-7,9-12H2. The van der Waals surface area contributed by atoms with Crippen molar-refractivity contribution >= 4 is 27.1 Å². The summed E-state index contributed by atoms with van der Waals surface area (Å²) in [5.74, 6) is 1.56. The maximum Gasteiger partial charge on any atom is 0.146 e. The van der Waals surface area contributed by atoms with Gasteiger partial charge in [-0.25, -0.2) is 0 Å². The Morgan fingerprint density at radius 3 is 2.64 bits per heavy atom. The van der Waals surface area contributed by atoms with Gasteiger partial charge in [0.2, 0.25) is 0 Å². The van der Waals surface area contributed by atoms with Crippen molar-refractivity contribution < 1.29 is 0 Å². The topological polar surface area (TPSA) is 37.8 Å². The van der Waals surface area contributed by atoms with Crippen LogP contribution in [0.2, 0.25) is 0 Å². The number of nitrogens with zero attached hydrogens (tertiary/aromatic N) is 2. The zero-order chi connectivity index (χ0) is 16.4. The number of aromatic nitrogens is 2. The Kier molecular flexibility index (Phi) is 3.07. The maximum absolute atomic E-state index is 4.64. The molecule has 1 spiro atoms. The van der Waals surface area contributed by atoms with Gasteiger partial charge in [-0.05, 0) is 73.0 Å². The average Bonchev–Trinajstić information content (AvgIpc) is 3.33. The SMILES string of the molecule is C1=CC(c2cc3c(C4CC4)c(C4CC5(CNC5)C4)sc3nn2)=CCC1. The van der Waals surface area contributed by atoms with Crippen LogP contribution in [0.25, 0.3) is 15.8 Å². The minimum atomic E-state index is 0.635. The van der Waals surface area contributed by atoms with Crippen molar-refractivity contribution in [3.63, 3.8) is 0 Å². The molecule has 25 heavy (non-hydrogen) atoms. The molecule has 128 valence electrons. The van der Waals surface area contributed by atoms with E-state index in [4.69, 9.17) is 0 Å². The molecule has 1 saturated heterocycles. The summed E-state index contributed by atoms with van der Waals surface area (Å²) >= 11 is 1.94. The molecule has 4 heteroatoms. The van der Waals surface area contributed by atoms with Gasteiger partial charge >= 0.3 is 0 Å². The fraction of sp³-hybridized carbons (Fsp3) is 0.524. The molecule has 2 saturated carbocycles. The lowest BCUT2D eigenvalue weighted by atomic mass is 9.58. The first-order valence-electron chi connectivity index (χ1n) is 9.69. The largest absolute Gasteiger partial charge is 0.316 e. The van der Waals surface area contributed by atoms with Gasteiger partial charge in [0.25, 0.3) is 0 Å². The highest BCUT2D eigenvalue weighted by Gasteiger charge is 2.50. The maximum atomic E-state index is 4.64. The summed E-state index contributed by atoms with van der Waals surface area (Å²) < 4.78 is 0. The van der Waals surface area contributed by atoms with Gasteiger partial charge in [-0.3, -0.25) is 0 Å². The van der Waals surface area contributed by atoms with E-state index in [0.29, 0.717) is 5.41 Å². The lowest BCUT2D eigenvalue weighted by molar-refractivity contribution is 0.0373. The molecule has 0 unspecified atom stereocenters. The van der Waals surface area contributed by atoms with E-state index >= 15 is 0 Å². The summed E-state index contributed by atoms with van der Waals surface area (Å²) in [5.41, 5.74) is 4.58. The third-order valence-corrected chi connectivity index (χ3v) is 7.80. The molecule has 0 amide bonds. The first-order valence-corrected chi connectivity index (χ1v) is 10.5. The van der Waals surface area contributed by atoms with Crippen LogP contribution in [0.4, 0.5) is 0 Å². The number of hydrogen-bond acceptors (Lipinski definition) is 4. The van der Waals surface area contributed by atoms with Crippen molar-refractivity contribution in [2.75, 3.05) is 13.1 Å². The Balaban J connectivity index is 1.42.